The summed E-state index contributed by atoms with van der Waals surface area (Å²) in [5.74, 6) is -0.627. The smallest absolute Gasteiger partial charge is 0.389 e. The highest BCUT2D eigenvalue weighted by Gasteiger charge is 2.60. The van der Waals surface area contributed by atoms with Crippen LogP contribution in [-0.2, 0) is 6.18 Å². The molecule has 2 saturated carbocycles. The van der Waals surface area contributed by atoms with Crippen LogP contribution in [0.25, 0.3) is 0 Å². The van der Waals surface area contributed by atoms with Crippen molar-refractivity contribution >= 4 is 17.5 Å². The van der Waals surface area contributed by atoms with Gasteiger partial charge in [0, 0.05) is 18.2 Å². The first kappa shape index (κ1) is 16.5. The molecule has 2 fully saturated rings. The molecule has 0 saturated heterocycles. The van der Waals surface area contributed by atoms with E-state index in [2.05, 4.69) is 10.3 Å². The van der Waals surface area contributed by atoms with Crippen molar-refractivity contribution in [2.45, 2.75) is 43.9 Å². The molecule has 0 atom stereocenters. The summed E-state index contributed by atoms with van der Waals surface area (Å²) >= 11 is 5.75. The molecule has 2 aliphatic rings. The van der Waals surface area contributed by atoms with Crippen LogP contribution in [0.3, 0.4) is 0 Å². The van der Waals surface area contributed by atoms with Gasteiger partial charge in [0.05, 0.1) is 16.2 Å². The highest BCUT2D eigenvalue weighted by molar-refractivity contribution is 6.33. The number of hydrogen-bond donors (Lipinski definition) is 2. The van der Waals surface area contributed by atoms with Crippen LogP contribution in [0.15, 0.2) is 12.3 Å². The third-order valence-corrected chi connectivity index (χ3v) is 5.28. The molecule has 3 rings (SSSR count). The maximum atomic E-state index is 12.6. The lowest BCUT2D eigenvalue weighted by molar-refractivity contribution is -0.137. The van der Waals surface area contributed by atoms with Gasteiger partial charge in [-0.25, -0.2) is 4.98 Å². The molecule has 4 nitrogen and oxygen atoms in total. The van der Waals surface area contributed by atoms with E-state index in [9.17, 15) is 23.1 Å². The second-order valence-electron chi connectivity index (χ2n) is 6.40. The Balaban J connectivity index is 1.67. The Hall–Kier alpha value is -1.34. The molecule has 1 amide bonds. The van der Waals surface area contributed by atoms with Crippen LogP contribution in [0.4, 0.5) is 13.2 Å². The first-order valence-electron chi connectivity index (χ1n) is 7.40. The maximum absolute atomic E-state index is 12.6. The average molecular weight is 349 g/mol. The largest absolute Gasteiger partial charge is 0.417 e. The Morgan fingerprint density at radius 3 is 2.43 bits per heavy atom. The van der Waals surface area contributed by atoms with Gasteiger partial charge in [-0.2, -0.15) is 13.2 Å². The van der Waals surface area contributed by atoms with Gasteiger partial charge in [-0.1, -0.05) is 11.6 Å². The van der Waals surface area contributed by atoms with E-state index in [-0.39, 0.29) is 22.7 Å². The third-order valence-electron chi connectivity index (χ3n) is 4.99. The zero-order chi connectivity index (χ0) is 16.9. The van der Waals surface area contributed by atoms with Crippen LogP contribution in [0.1, 0.15) is 48.2 Å². The monoisotopic (exact) mass is 348 g/mol. The number of rotatable bonds is 4. The normalized spacial score (nSPS) is 21.4. The van der Waals surface area contributed by atoms with Gasteiger partial charge >= 0.3 is 6.18 Å². The van der Waals surface area contributed by atoms with Gasteiger partial charge < -0.3 is 10.4 Å². The highest BCUT2D eigenvalue weighted by atomic mass is 35.5. The van der Waals surface area contributed by atoms with Crippen molar-refractivity contribution in [2.75, 3.05) is 6.54 Å². The summed E-state index contributed by atoms with van der Waals surface area (Å²) in [5.41, 5.74) is -2.27. The van der Waals surface area contributed by atoms with E-state index in [1.807, 2.05) is 0 Å². The number of aliphatic hydroxyl groups is 1. The number of halogens is 4. The minimum absolute atomic E-state index is 0.240. The summed E-state index contributed by atoms with van der Waals surface area (Å²) in [7, 11) is 0. The summed E-state index contributed by atoms with van der Waals surface area (Å²) in [6.07, 6.45) is 0.114. The summed E-state index contributed by atoms with van der Waals surface area (Å²) in [6, 6.07) is 0.690. The number of alkyl halides is 3. The predicted molar refractivity (Wildman–Crippen MR) is 77.1 cm³/mol. The summed E-state index contributed by atoms with van der Waals surface area (Å²) in [5, 5.41) is 12.8. The summed E-state index contributed by atoms with van der Waals surface area (Å²) in [6.45, 7) is 0.279. The van der Waals surface area contributed by atoms with E-state index in [0.29, 0.717) is 12.3 Å². The van der Waals surface area contributed by atoms with Gasteiger partial charge in [-0.3, -0.25) is 4.79 Å². The Kier molecular flexibility index (Phi) is 3.84. The number of pyridine rings is 1. The molecule has 0 bridgehead atoms. The number of nitrogens with zero attached hydrogens (tertiary/aromatic N) is 1. The van der Waals surface area contributed by atoms with Crippen molar-refractivity contribution < 1.29 is 23.1 Å². The van der Waals surface area contributed by atoms with Gasteiger partial charge in [0.15, 0.2) is 0 Å². The fourth-order valence-corrected chi connectivity index (χ4v) is 3.34. The second kappa shape index (κ2) is 5.34. The van der Waals surface area contributed by atoms with E-state index in [1.54, 1.807) is 0 Å². The molecule has 1 aromatic heterocycles. The van der Waals surface area contributed by atoms with Crippen LogP contribution >= 0.6 is 11.6 Å². The van der Waals surface area contributed by atoms with Crippen LogP contribution in [-0.4, -0.2) is 28.1 Å². The molecule has 0 radical (unpaired) electrons. The molecular weight excluding hydrogens is 333 g/mol. The zero-order valence-corrected chi connectivity index (χ0v) is 13.0. The van der Waals surface area contributed by atoms with Crippen LogP contribution in [0.2, 0.25) is 5.02 Å². The van der Waals surface area contributed by atoms with Crippen LogP contribution < -0.4 is 5.32 Å². The summed E-state index contributed by atoms with van der Waals surface area (Å²) in [4.78, 5) is 15.6. The Morgan fingerprint density at radius 1 is 1.35 bits per heavy atom. The number of carbonyl (C=O) groups is 1. The topological polar surface area (TPSA) is 62.2 Å². The number of carbonyl (C=O) groups excluding carboxylic acids is 1. The van der Waals surface area contributed by atoms with Gasteiger partial charge in [0.1, 0.15) is 5.69 Å². The molecule has 8 heteroatoms. The number of hydrogen-bond acceptors (Lipinski definition) is 3. The first-order chi connectivity index (χ1) is 10.7. The molecule has 0 unspecified atom stereocenters. The van der Waals surface area contributed by atoms with Gasteiger partial charge in [0.25, 0.3) is 5.91 Å². The molecule has 23 heavy (non-hydrogen) atoms. The van der Waals surface area contributed by atoms with E-state index >= 15 is 0 Å². The standard InChI is InChI=1S/C15H16ClF3N2O2/c16-10-6-9(15(17,18)19)7-20-11(10)12(22)21-8-13(4-5-13)14(23)2-1-3-14/h6-7,23H,1-5,8H2,(H,21,22). The fraction of sp³-hybridized carbons (Fsp3) is 0.600. The molecular formula is C15H16ClF3N2O2. The Morgan fingerprint density at radius 2 is 2.00 bits per heavy atom. The lowest BCUT2D eigenvalue weighted by Gasteiger charge is -2.44. The van der Waals surface area contributed by atoms with E-state index < -0.39 is 23.2 Å². The van der Waals surface area contributed by atoms with Crippen molar-refractivity contribution in [3.05, 3.63) is 28.5 Å². The van der Waals surface area contributed by atoms with Gasteiger partial charge in [0.2, 0.25) is 0 Å². The Bertz CT molecular complexity index is 640. The molecule has 1 aromatic rings. The van der Waals surface area contributed by atoms with Gasteiger partial charge in [-0.05, 0) is 38.2 Å². The maximum Gasteiger partial charge on any atom is 0.417 e. The van der Waals surface area contributed by atoms with Crippen molar-refractivity contribution in [1.29, 1.82) is 0 Å². The molecule has 0 spiro atoms. The fourth-order valence-electron chi connectivity index (χ4n) is 3.09. The first-order valence-corrected chi connectivity index (χ1v) is 7.78. The molecule has 2 N–H and O–H groups in total. The zero-order valence-electron chi connectivity index (χ0n) is 12.2. The molecule has 0 aliphatic heterocycles. The molecule has 0 aromatic carbocycles. The number of amides is 1. The minimum atomic E-state index is -4.56. The quantitative estimate of drug-likeness (QED) is 0.878. The lowest BCUT2D eigenvalue weighted by atomic mass is 9.69. The minimum Gasteiger partial charge on any atom is -0.389 e. The highest BCUT2D eigenvalue weighted by Crippen LogP contribution is 2.60. The van der Waals surface area contributed by atoms with E-state index in [0.717, 1.165) is 32.1 Å². The van der Waals surface area contributed by atoms with Crippen LogP contribution in [0.5, 0.6) is 0 Å². The van der Waals surface area contributed by atoms with Crippen molar-refractivity contribution in [3.8, 4) is 0 Å². The predicted octanol–water partition coefficient (Wildman–Crippen LogP) is 3.18. The molecule has 126 valence electrons. The van der Waals surface area contributed by atoms with Crippen LogP contribution in [0, 0.1) is 5.41 Å². The van der Waals surface area contributed by atoms with E-state index in [1.165, 1.54) is 0 Å². The van der Waals surface area contributed by atoms with Crippen molar-refractivity contribution in [1.82, 2.24) is 10.3 Å². The SMILES string of the molecule is O=C(NCC1(C2(O)CCC2)CC1)c1ncc(C(F)(F)F)cc1Cl. The second-order valence-corrected chi connectivity index (χ2v) is 6.81. The number of nitrogens with one attached hydrogen (secondary N) is 1. The average Bonchev–Trinajstić information content (AvgIpc) is 3.22. The Labute approximate surface area is 136 Å². The molecule has 2 aliphatic carbocycles. The summed E-state index contributed by atoms with van der Waals surface area (Å²) < 4.78 is 37.7. The third kappa shape index (κ3) is 2.92. The van der Waals surface area contributed by atoms with E-state index in [4.69, 9.17) is 11.6 Å². The van der Waals surface area contributed by atoms with Gasteiger partial charge in [-0.15, -0.1) is 0 Å². The van der Waals surface area contributed by atoms with Crippen molar-refractivity contribution in [3.63, 3.8) is 0 Å². The molecule has 1 heterocycles. The lowest BCUT2D eigenvalue weighted by Crippen LogP contribution is -2.50. The number of aromatic nitrogens is 1. The van der Waals surface area contributed by atoms with Crippen molar-refractivity contribution in [2.24, 2.45) is 5.41 Å².